The number of rotatable bonds is 2. The standard InChI is InChI=1S/C10H11NS/c1-8-2-4-9(5-3-8)6-7-10(11)12/h2-7H,1H3,(H2,11,12)/b7-6+. The molecule has 1 rings (SSSR count). The molecule has 0 bridgehead atoms. The van der Waals surface area contributed by atoms with Crippen LogP contribution in [0, 0.1) is 6.92 Å². The highest BCUT2D eigenvalue weighted by Gasteiger charge is 1.85. The van der Waals surface area contributed by atoms with E-state index in [2.05, 4.69) is 19.1 Å². The maximum Gasteiger partial charge on any atom is 0.0962 e. The predicted octanol–water partition coefficient (Wildman–Crippen LogP) is 2.29. The Balaban J connectivity index is 2.77. The molecular weight excluding hydrogens is 166 g/mol. The van der Waals surface area contributed by atoms with E-state index in [0.717, 1.165) is 5.56 Å². The minimum absolute atomic E-state index is 0.413. The fourth-order valence-electron chi connectivity index (χ4n) is 0.856. The van der Waals surface area contributed by atoms with E-state index < -0.39 is 0 Å². The van der Waals surface area contributed by atoms with Crippen LogP contribution >= 0.6 is 12.2 Å². The molecule has 0 heterocycles. The first kappa shape index (κ1) is 8.94. The van der Waals surface area contributed by atoms with Crippen LogP contribution in [0.5, 0.6) is 0 Å². The summed E-state index contributed by atoms with van der Waals surface area (Å²) in [5.41, 5.74) is 7.69. The van der Waals surface area contributed by atoms with Crippen molar-refractivity contribution in [2.75, 3.05) is 0 Å². The van der Waals surface area contributed by atoms with E-state index in [9.17, 15) is 0 Å². The van der Waals surface area contributed by atoms with Gasteiger partial charge < -0.3 is 5.73 Å². The van der Waals surface area contributed by atoms with Crippen molar-refractivity contribution in [2.24, 2.45) is 5.73 Å². The number of hydrogen-bond donors (Lipinski definition) is 1. The Labute approximate surface area is 77.9 Å². The van der Waals surface area contributed by atoms with Crippen molar-refractivity contribution in [3.8, 4) is 0 Å². The van der Waals surface area contributed by atoms with Gasteiger partial charge in [-0.1, -0.05) is 48.1 Å². The van der Waals surface area contributed by atoms with E-state index in [0.29, 0.717) is 4.99 Å². The molecule has 0 aliphatic carbocycles. The van der Waals surface area contributed by atoms with Gasteiger partial charge in [-0.15, -0.1) is 0 Å². The second-order valence-electron chi connectivity index (χ2n) is 2.65. The summed E-state index contributed by atoms with van der Waals surface area (Å²) in [4.78, 5) is 0.413. The van der Waals surface area contributed by atoms with E-state index in [1.54, 1.807) is 6.08 Å². The summed E-state index contributed by atoms with van der Waals surface area (Å²) < 4.78 is 0. The first-order chi connectivity index (χ1) is 5.68. The van der Waals surface area contributed by atoms with Gasteiger partial charge in [-0.25, -0.2) is 0 Å². The average Bonchev–Trinajstić information content (AvgIpc) is 2.03. The van der Waals surface area contributed by atoms with Gasteiger partial charge in [0.2, 0.25) is 0 Å². The summed E-state index contributed by atoms with van der Waals surface area (Å²) in [5.74, 6) is 0. The zero-order valence-electron chi connectivity index (χ0n) is 6.95. The lowest BCUT2D eigenvalue weighted by molar-refractivity contribution is 1.46. The van der Waals surface area contributed by atoms with Crippen LogP contribution in [0.2, 0.25) is 0 Å². The van der Waals surface area contributed by atoms with Gasteiger partial charge in [0, 0.05) is 0 Å². The molecule has 1 nitrogen and oxygen atoms in total. The summed E-state index contributed by atoms with van der Waals surface area (Å²) in [7, 11) is 0. The minimum Gasteiger partial charge on any atom is -0.390 e. The van der Waals surface area contributed by atoms with E-state index in [4.69, 9.17) is 18.0 Å². The van der Waals surface area contributed by atoms with Gasteiger partial charge in [0.15, 0.2) is 0 Å². The maximum atomic E-state index is 5.31. The van der Waals surface area contributed by atoms with Gasteiger partial charge in [0.1, 0.15) is 0 Å². The molecule has 1 aromatic rings. The Hall–Kier alpha value is -1.15. The molecule has 1 aromatic carbocycles. The van der Waals surface area contributed by atoms with Gasteiger partial charge in [0.05, 0.1) is 4.99 Å². The molecular formula is C10H11NS. The third-order valence-corrected chi connectivity index (χ3v) is 1.65. The molecule has 0 spiro atoms. The second kappa shape index (κ2) is 4.02. The zero-order valence-corrected chi connectivity index (χ0v) is 7.77. The lowest BCUT2D eigenvalue weighted by Gasteiger charge is -1.93. The molecule has 0 unspecified atom stereocenters. The Morgan fingerprint density at radius 3 is 2.42 bits per heavy atom. The number of aryl methyl sites for hydroxylation is 1. The van der Waals surface area contributed by atoms with E-state index in [1.807, 2.05) is 18.2 Å². The number of benzene rings is 1. The topological polar surface area (TPSA) is 26.0 Å². The Morgan fingerprint density at radius 1 is 1.33 bits per heavy atom. The molecule has 0 amide bonds. The van der Waals surface area contributed by atoms with Gasteiger partial charge in [-0.3, -0.25) is 0 Å². The summed E-state index contributed by atoms with van der Waals surface area (Å²) >= 11 is 4.71. The van der Waals surface area contributed by atoms with Gasteiger partial charge in [0.25, 0.3) is 0 Å². The van der Waals surface area contributed by atoms with Crippen LogP contribution in [-0.4, -0.2) is 4.99 Å². The molecule has 0 fully saturated rings. The van der Waals surface area contributed by atoms with Crippen molar-refractivity contribution in [1.29, 1.82) is 0 Å². The quantitative estimate of drug-likeness (QED) is 0.554. The number of nitrogens with two attached hydrogens (primary N) is 1. The van der Waals surface area contributed by atoms with Gasteiger partial charge in [-0.2, -0.15) is 0 Å². The lowest BCUT2D eigenvalue weighted by Crippen LogP contribution is -2.01. The highest BCUT2D eigenvalue weighted by Crippen LogP contribution is 2.04. The lowest BCUT2D eigenvalue weighted by atomic mass is 10.1. The van der Waals surface area contributed by atoms with Crippen LogP contribution in [0.15, 0.2) is 30.3 Å². The Morgan fingerprint density at radius 2 is 1.92 bits per heavy atom. The summed E-state index contributed by atoms with van der Waals surface area (Å²) in [6.07, 6.45) is 3.63. The van der Waals surface area contributed by atoms with E-state index in [1.165, 1.54) is 5.56 Å². The van der Waals surface area contributed by atoms with Crippen molar-refractivity contribution >= 4 is 23.3 Å². The monoisotopic (exact) mass is 177 g/mol. The van der Waals surface area contributed by atoms with Crippen LogP contribution in [0.4, 0.5) is 0 Å². The Kier molecular flexibility index (Phi) is 3.00. The minimum atomic E-state index is 0.413. The highest BCUT2D eigenvalue weighted by molar-refractivity contribution is 7.80. The normalized spacial score (nSPS) is 10.4. The van der Waals surface area contributed by atoms with Crippen LogP contribution in [-0.2, 0) is 0 Å². The van der Waals surface area contributed by atoms with Crippen molar-refractivity contribution in [2.45, 2.75) is 6.92 Å². The predicted molar refractivity (Wildman–Crippen MR) is 57.0 cm³/mol. The molecule has 62 valence electrons. The maximum absolute atomic E-state index is 5.31. The van der Waals surface area contributed by atoms with E-state index in [-0.39, 0.29) is 0 Å². The van der Waals surface area contributed by atoms with Gasteiger partial charge >= 0.3 is 0 Å². The highest BCUT2D eigenvalue weighted by atomic mass is 32.1. The van der Waals surface area contributed by atoms with Crippen molar-refractivity contribution in [3.63, 3.8) is 0 Å². The largest absolute Gasteiger partial charge is 0.390 e. The van der Waals surface area contributed by atoms with Crippen molar-refractivity contribution < 1.29 is 0 Å². The first-order valence-electron chi connectivity index (χ1n) is 3.72. The molecule has 0 saturated heterocycles. The molecule has 12 heavy (non-hydrogen) atoms. The van der Waals surface area contributed by atoms with Crippen molar-refractivity contribution in [1.82, 2.24) is 0 Å². The molecule has 2 N–H and O–H groups in total. The zero-order chi connectivity index (χ0) is 8.97. The summed E-state index contributed by atoms with van der Waals surface area (Å²) in [6.45, 7) is 2.06. The van der Waals surface area contributed by atoms with Gasteiger partial charge in [-0.05, 0) is 18.6 Å². The molecule has 0 saturated carbocycles. The molecule has 0 atom stereocenters. The van der Waals surface area contributed by atoms with Crippen LogP contribution < -0.4 is 5.73 Å². The van der Waals surface area contributed by atoms with E-state index >= 15 is 0 Å². The third kappa shape index (κ3) is 2.84. The summed E-state index contributed by atoms with van der Waals surface area (Å²) in [5, 5.41) is 0. The molecule has 0 radical (unpaired) electrons. The molecule has 0 aliphatic heterocycles. The number of hydrogen-bond acceptors (Lipinski definition) is 1. The first-order valence-corrected chi connectivity index (χ1v) is 4.13. The smallest absolute Gasteiger partial charge is 0.0962 e. The van der Waals surface area contributed by atoms with Crippen LogP contribution in [0.1, 0.15) is 11.1 Å². The second-order valence-corrected chi connectivity index (χ2v) is 3.12. The molecule has 0 aromatic heterocycles. The molecule has 2 heteroatoms. The van der Waals surface area contributed by atoms with Crippen molar-refractivity contribution in [3.05, 3.63) is 41.5 Å². The Bertz CT molecular complexity index is 298. The fraction of sp³-hybridized carbons (Fsp3) is 0.100. The molecule has 0 aliphatic rings. The summed E-state index contributed by atoms with van der Waals surface area (Å²) in [6, 6.07) is 8.17. The van der Waals surface area contributed by atoms with Crippen LogP contribution in [0.3, 0.4) is 0 Å². The number of thiocarbonyl (C=S) groups is 1. The van der Waals surface area contributed by atoms with Crippen LogP contribution in [0.25, 0.3) is 6.08 Å². The fourth-order valence-corrected chi connectivity index (χ4v) is 0.924. The average molecular weight is 177 g/mol. The SMILES string of the molecule is Cc1ccc(/C=C/C(N)=S)cc1. The third-order valence-electron chi connectivity index (χ3n) is 1.52.